The third kappa shape index (κ3) is 3.76. The summed E-state index contributed by atoms with van der Waals surface area (Å²) >= 11 is 0. The SMILES string of the molecule is C=CCC(CC=C)(CCCC)P(O)(O)(O)CC=C. The molecule has 0 fully saturated rings. The minimum atomic E-state index is -4.80. The van der Waals surface area contributed by atoms with Gasteiger partial charge >= 0.3 is 110 Å². The Labute approximate surface area is 111 Å². The average Bonchev–Trinajstić information content (AvgIpc) is 2.25. The Kier molecular flexibility index (Phi) is 6.45. The van der Waals surface area contributed by atoms with Crippen LogP contribution in [0.5, 0.6) is 0 Å². The fraction of sp³-hybridized carbons (Fsp3) is 0.571. The van der Waals surface area contributed by atoms with E-state index in [9.17, 15) is 14.7 Å². The van der Waals surface area contributed by atoms with Crippen LogP contribution in [-0.2, 0) is 0 Å². The van der Waals surface area contributed by atoms with Crippen LogP contribution in [0, 0.1) is 0 Å². The number of rotatable bonds is 10. The van der Waals surface area contributed by atoms with E-state index in [0.717, 1.165) is 12.8 Å². The van der Waals surface area contributed by atoms with Gasteiger partial charge in [-0.1, -0.05) is 0 Å². The van der Waals surface area contributed by atoms with Gasteiger partial charge in [0.1, 0.15) is 0 Å². The van der Waals surface area contributed by atoms with E-state index in [1.54, 1.807) is 12.2 Å². The topological polar surface area (TPSA) is 60.7 Å². The molecule has 0 rings (SSSR count). The molecule has 106 valence electrons. The molecule has 0 aromatic heterocycles. The van der Waals surface area contributed by atoms with E-state index in [-0.39, 0.29) is 6.16 Å². The molecular formula is C14H27O3P. The van der Waals surface area contributed by atoms with Crippen molar-refractivity contribution in [3.05, 3.63) is 38.0 Å². The van der Waals surface area contributed by atoms with E-state index in [1.807, 2.05) is 6.92 Å². The molecular weight excluding hydrogens is 247 g/mol. The van der Waals surface area contributed by atoms with Crippen LogP contribution in [0.25, 0.3) is 0 Å². The van der Waals surface area contributed by atoms with Crippen LogP contribution in [0.4, 0.5) is 0 Å². The molecule has 0 radical (unpaired) electrons. The van der Waals surface area contributed by atoms with Crippen LogP contribution in [0.3, 0.4) is 0 Å². The van der Waals surface area contributed by atoms with Gasteiger partial charge in [0.05, 0.1) is 0 Å². The molecule has 0 bridgehead atoms. The van der Waals surface area contributed by atoms with Crippen LogP contribution in [-0.4, -0.2) is 26.0 Å². The summed E-state index contributed by atoms with van der Waals surface area (Å²) in [5.74, 6) is 0. The van der Waals surface area contributed by atoms with Crippen molar-refractivity contribution < 1.29 is 14.7 Å². The van der Waals surface area contributed by atoms with Gasteiger partial charge in [0.15, 0.2) is 0 Å². The zero-order valence-electron chi connectivity index (χ0n) is 11.4. The molecule has 0 saturated heterocycles. The fourth-order valence-corrected chi connectivity index (χ4v) is 4.85. The Morgan fingerprint density at radius 1 is 1.00 bits per heavy atom. The Morgan fingerprint density at radius 3 is 1.83 bits per heavy atom. The van der Waals surface area contributed by atoms with Gasteiger partial charge in [0.2, 0.25) is 0 Å². The number of allylic oxidation sites excluding steroid dienone is 3. The quantitative estimate of drug-likeness (QED) is 0.422. The van der Waals surface area contributed by atoms with Gasteiger partial charge in [-0.2, -0.15) is 0 Å². The predicted octanol–water partition coefficient (Wildman–Crippen LogP) is 3.53. The van der Waals surface area contributed by atoms with E-state index >= 15 is 0 Å². The van der Waals surface area contributed by atoms with E-state index in [2.05, 4.69) is 19.7 Å². The monoisotopic (exact) mass is 274 g/mol. The van der Waals surface area contributed by atoms with Crippen LogP contribution >= 0.6 is 7.28 Å². The van der Waals surface area contributed by atoms with Crippen molar-refractivity contribution in [2.75, 3.05) is 6.16 Å². The Balaban J connectivity index is 5.56. The van der Waals surface area contributed by atoms with Crippen molar-refractivity contribution in [1.82, 2.24) is 0 Å². The summed E-state index contributed by atoms with van der Waals surface area (Å²) in [5.41, 5.74) is 0. The number of unbranched alkanes of at least 4 members (excludes halogenated alkanes) is 1. The molecule has 0 amide bonds. The third-order valence-corrected chi connectivity index (χ3v) is 6.94. The Hall–Kier alpha value is -0.470. The molecule has 0 saturated carbocycles. The second-order valence-corrected chi connectivity index (χ2v) is 8.55. The van der Waals surface area contributed by atoms with Crippen molar-refractivity contribution >= 4 is 7.28 Å². The second-order valence-electron chi connectivity index (χ2n) is 4.94. The summed E-state index contributed by atoms with van der Waals surface area (Å²) < 4.78 is 0. The first kappa shape index (κ1) is 17.5. The van der Waals surface area contributed by atoms with Crippen molar-refractivity contribution in [2.45, 2.75) is 44.2 Å². The molecule has 18 heavy (non-hydrogen) atoms. The standard InChI is InChI=1S/C14H27O3P/c1-5-9-12-14(10-6-2,11-7-3)18(15,16,17)13-8-4/h6-8,15-17H,2-5,9-13H2,1H3. The summed E-state index contributed by atoms with van der Waals surface area (Å²) in [7, 11) is -4.80. The predicted molar refractivity (Wildman–Crippen MR) is 80.5 cm³/mol. The van der Waals surface area contributed by atoms with Crippen molar-refractivity contribution in [3.8, 4) is 0 Å². The van der Waals surface area contributed by atoms with Gasteiger partial charge in [-0.25, -0.2) is 0 Å². The van der Waals surface area contributed by atoms with Crippen LogP contribution in [0.1, 0.15) is 39.0 Å². The molecule has 3 N–H and O–H groups in total. The van der Waals surface area contributed by atoms with Gasteiger partial charge in [0.25, 0.3) is 0 Å². The fourth-order valence-electron chi connectivity index (χ4n) is 2.37. The normalized spacial score (nSPS) is 14.6. The summed E-state index contributed by atoms with van der Waals surface area (Å²) in [6, 6.07) is 0. The minimum absolute atomic E-state index is 0.184. The van der Waals surface area contributed by atoms with E-state index in [1.165, 1.54) is 6.08 Å². The molecule has 3 nitrogen and oxygen atoms in total. The van der Waals surface area contributed by atoms with E-state index in [0.29, 0.717) is 19.3 Å². The molecule has 0 aliphatic carbocycles. The zero-order valence-corrected chi connectivity index (χ0v) is 12.3. The van der Waals surface area contributed by atoms with Gasteiger partial charge in [-0.3, -0.25) is 0 Å². The average molecular weight is 274 g/mol. The first-order chi connectivity index (χ1) is 8.27. The van der Waals surface area contributed by atoms with Gasteiger partial charge in [0, 0.05) is 0 Å². The summed E-state index contributed by atoms with van der Waals surface area (Å²) in [4.78, 5) is 31.4. The molecule has 0 atom stereocenters. The summed E-state index contributed by atoms with van der Waals surface area (Å²) in [5, 5.41) is -0.973. The zero-order chi connectivity index (χ0) is 14.3. The summed E-state index contributed by atoms with van der Waals surface area (Å²) in [6.45, 7) is 12.9. The van der Waals surface area contributed by atoms with Crippen molar-refractivity contribution in [1.29, 1.82) is 0 Å². The van der Waals surface area contributed by atoms with Gasteiger partial charge < -0.3 is 0 Å². The van der Waals surface area contributed by atoms with Gasteiger partial charge in [-0.15, -0.1) is 0 Å². The van der Waals surface area contributed by atoms with E-state index < -0.39 is 12.4 Å². The molecule has 0 heterocycles. The second kappa shape index (κ2) is 6.63. The first-order valence-corrected chi connectivity index (χ1v) is 8.64. The van der Waals surface area contributed by atoms with Crippen LogP contribution in [0.2, 0.25) is 0 Å². The van der Waals surface area contributed by atoms with E-state index in [4.69, 9.17) is 0 Å². The van der Waals surface area contributed by atoms with Crippen LogP contribution in [0.15, 0.2) is 38.0 Å². The van der Waals surface area contributed by atoms with Crippen LogP contribution < -0.4 is 0 Å². The van der Waals surface area contributed by atoms with Crippen molar-refractivity contribution in [3.63, 3.8) is 0 Å². The number of hydrogen-bond acceptors (Lipinski definition) is 3. The van der Waals surface area contributed by atoms with Gasteiger partial charge in [-0.05, 0) is 0 Å². The summed E-state index contributed by atoms with van der Waals surface area (Å²) in [6.07, 6.45) is 7.44. The maximum absolute atomic E-state index is 10.5. The number of hydrogen-bond donors (Lipinski definition) is 3. The molecule has 4 heteroatoms. The first-order valence-electron chi connectivity index (χ1n) is 6.36. The molecule has 0 aromatic carbocycles. The van der Waals surface area contributed by atoms with Crippen molar-refractivity contribution in [2.24, 2.45) is 0 Å². The Bertz CT molecular complexity index is 292. The molecule has 0 aliphatic rings. The molecule has 0 spiro atoms. The Morgan fingerprint density at radius 2 is 1.50 bits per heavy atom. The molecule has 0 aliphatic heterocycles. The third-order valence-electron chi connectivity index (χ3n) is 3.48. The maximum atomic E-state index is 10.5. The molecule has 0 unspecified atom stereocenters. The molecule has 0 aromatic rings.